The minimum absolute atomic E-state index is 0.0401. The largest absolute Gasteiger partial charge is 0.480 e. The minimum Gasteiger partial charge on any atom is -0.480 e. The summed E-state index contributed by atoms with van der Waals surface area (Å²) in [6.07, 6.45) is 3.66. The summed E-state index contributed by atoms with van der Waals surface area (Å²) < 4.78 is 0. The third-order valence-corrected chi connectivity index (χ3v) is 6.55. The summed E-state index contributed by atoms with van der Waals surface area (Å²) >= 11 is 1.16. The van der Waals surface area contributed by atoms with E-state index in [-0.39, 0.29) is 30.5 Å². The van der Waals surface area contributed by atoms with Crippen molar-refractivity contribution in [3.8, 4) is 0 Å². The Hall–Kier alpha value is -2.34. The van der Waals surface area contributed by atoms with E-state index in [4.69, 9.17) is 15.9 Å². The zero-order chi connectivity index (χ0) is 24.3. The van der Waals surface area contributed by atoms with E-state index in [1.807, 2.05) is 0 Å². The summed E-state index contributed by atoms with van der Waals surface area (Å²) in [5.74, 6) is -3.23. The first-order valence-corrected chi connectivity index (χ1v) is 11.7. The fourth-order valence-electron chi connectivity index (χ4n) is 3.18. The van der Waals surface area contributed by atoms with Crippen LogP contribution in [0.1, 0.15) is 52.4 Å². The molecule has 1 saturated carbocycles. The van der Waals surface area contributed by atoms with Crippen molar-refractivity contribution >= 4 is 41.4 Å². The first-order valence-electron chi connectivity index (χ1n) is 10.7. The van der Waals surface area contributed by atoms with Gasteiger partial charge in [0, 0.05) is 18.2 Å². The highest BCUT2D eigenvalue weighted by molar-refractivity contribution is 8.00. The molecule has 1 aliphatic carbocycles. The molecule has 0 spiro atoms. The van der Waals surface area contributed by atoms with Crippen molar-refractivity contribution in [2.24, 2.45) is 11.7 Å². The van der Waals surface area contributed by atoms with Crippen molar-refractivity contribution in [3.63, 3.8) is 0 Å². The second-order valence-corrected chi connectivity index (χ2v) is 9.53. The molecule has 7 N–H and O–H groups in total. The molecule has 182 valence electrons. The molecule has 0 aromatic carbocycles. The van der Waals surface area contributed by atoms with Crippen LogP contribution in [-0.4, -0.2) is 75.5 Å². The van der Waals surface area contributed by atoms with Crippen molar-refractivity contribution in [2.75, 3.05) is 12.3 Å². The molecule has 3 atom stereocenters. The third kappa shape index (κ3) is 10.8. The number of amides is 3. The average molecular weight is 475 g/mol. The topological polar surface area (TPSA) is 188 Å². The summed E-state index contributed by atoms with van der Waals surface area (Å²) in [5.41, 5.74) is 5.38. The van der Waals surface area contributed by atoms with E-state index in [0.29, 0.717) is 5.92 Å². The van der Waals surface area contributed by atoms with Crippen molar-refractivity contribution < 1.29 is 34.2 Å². The molecule has 0 aliphatic heterocycles. The van der Waals surface area contributed by atoms with E-state index < -0.39 is 47.6 Å². The van der Waals surface area contributed by atoms with Gasteiger partial charge in [0.05, 0.1) is 5.25 Å². The molecule has 0 aromatic rings. The van der Waals surface area contributed by atoms with Gasteiger partial charge in [0.2, 0.25) is 17.7 Å². The maximum absolute atomic E-state index is 12.5. The van der Waals surface area contributed by atoms with Crippen LogP contribution in [0.4, 0.5) is 0 Å². The second kappa shape index (κ2) is 13.9. The molecule has 1 aliphatic rings. The fourth-order valence-corrected chi connectivity index (χ4v) is 4.12. The van der Waals surface area contributed by atoms with Gasteiger partial charge in [-0.05, 0) is 44.9 Å². The number of hydrogen-bond acceptors (Lipinski definition) is 7. The number of carbonyl (C=O) groups excluding carboxylic acids is 3. The van der Waals surface area contributed by atoms with Gasteiger partial charge in [0.1, 0.15) is 18.6 Å². The number of aliphatic carboxylic acids is 2. The number of rotatable bonds is 13. The predicted molar refractivity (Wildman–Crippen MR) is 119 cm³/mol. The summed E-state index contributed by atoms with van der Waals surface area (Å²) in [7, 11) is 0. The molecule has 0 aromatic heterocycles. The maximum atomic E-state index is 12.5. The van der Waals surface area contributed by atoms with Gasteiger partial charge in [-0.2, -0.15) is 0 Å². The van der Waals surface area contributed by atoms with E-state index >= 15 is 0 Å². The first kappa shape index (κ1) is 27.7. The first-order chi connectivity index (χ1) is 15.0. The third-order valence-electron chi connectivity index (χ3n) is 5.31. The lowest BCUT2D eigenvalue weighted by molar-refractivity contribution is -0.139. The summed E-state index contributed by atoms with van der Waals surface area (Å²) in [6, 6.07) is -2.16. The highest BCUT2D eigenvalue weighted by Gasteiger charge is 2.26. The van der Waals surface area contributed by atoms with Crippen LogP contribution < -0.4 is 21.7 Å². The fraction of sp³-hybridized carbons (Fsp3) is 0.750. The van der Waals surface area contributed by atoms with Crippen LogP contribution in [0.15, 0.2) is 0 Å². The van der Waals surface area contributed by atoms with E-state index in [2.05, 4.69) is 22.9 Å². The lowest BCUT2D eigenvalue weighted by Crippen LogP contribution is -2.50. The SMILES string of the molecule is CC1CCC(NC(=O)C(C)SCC(NC(=O)CCC(N)C(=O)O)C(=O)NCC(=O)O)CC1. The molecule has 32 heavy (non-hydrogen) atoms. The molecule has 3 unspecified atom stereocenters. The summed E-state index contributed by atoms with van der Waals surface area (Å²) in [4.78, 5) is 58.5. The molecule has 3 amide bonds. The lowest BCUT2D eigenvalue weighted by Gasteiger charge is -2.28. The van der Waals surface area contributed by atoms with Gasteiger partial charge >= 0.3 is 11.9 Å². The van der Waals surface area contributed by atoms with E-state index in [1.54, 1.807) is 6.92 Å². The molecule has 1 rings (SSSR count). The zero-order valence-electron chi connectivity index (χ0n) is 18.5. The number of nitrogens with two attached hydrogens (primary N) is 1. The van der Waals surface area contributed by atoms with Crippen LogP contribution in [0.3, 0.4) is 0 Å². The summed E-state index contributed by atoms with van der Waals surface area (Å²) in [5, 5.41) is 24.8. The Kier molecular flexibility index (Phi) is 12.1. The van der Waals surface area contributed by atoms with Gasteiger partial charge in [-0.15, -0.1) is 11.8 Å². The molecular formula is C20H34N4O7S. The van der Waals surface area contributed by atoms with Gasteiger partial charge in [-0.3, -0.25) is 24.0 Å². The number of carbonyl (C=O) groups is 5. The predicted octanol–water partition coefficient (Wildman–Crippen LogP) is -0.319. The monoisotopic (exact) mass is 474 g/mol. The van der Waals surface area contributed by atoms with Gasteiger partial charge in [0.15, 0.2) is 0 Å². The molecule has 12 heteroatoms. The Labute approximate surface area is 191 Å². The van der Waals surface area contributed by atoms with Crippen LogP contribution in [-0.2, 0) is 24.0 Å². The van der Waals surface area contributed by atoms with Crippen molar-refractivity contribution in [1.82, 2.24) is 16.0 Å². The molecule has 0 radical (unpaired) electrons. The minimum atomic E-state index is -1.24. The Balaban J connectivity index is 2.60. The van der Waals surface area contributed by atoms with Crippen molar-refractivity contribution in [3.05, 3.63) is 0 Å². The summed E-state index contributed by atoms with van der Waals surface area (Å²) in [6.45, 7) is 3.27. The number of carboxylic acid groups (broad SMARTS) is 2. The standard InChI is InChI=1S/C20H34N4O7S/c1-11-3-5-13(6-4-11)23-18(28)12(2)32-10-15(19(29)22-9-17(26)27)24-16(25)8-7-14(21)20(30)31/h11-15H,3-10,21H2,1-2H3,(H,22,29)(H,23,28)(H,24,25)(H,26,27)(H,30,31). The molecule has 0 saturated heterocycles. The van der Waals surface area contributed by atoms with Crippen LogP contribution in [0.25, 0.3) is 0 Å². The van der Waals surface area contributed by atoms with Crippen LogP contribution in [0.5, 0.6) is 0 Å². The smallest absolute Gasteiger partial charge is 0.322 e. The van der Waals surface area contributed by atoms with E-state index in [0.717, 1.165) is 37.4 Å². The lowest BCUT2D eigenvalue weighted by atomic mass is 9.87. The number of hydrogen-bond donors (Lipinski definition) is 6. The quantitative estimate of drug-likeness (QED) is 0.208. The van der Waals surface area contributed by atoms with Gasteiger partial charge in [0.25, 0.3) is 0 Å². The van der Waals surface area contributed by atoms with Gasteiger partial charge < -0.3 is 31.9 Å². The Morgan fingerprint density at radius 1 is 1.06 bits per heavy atom. The molecule has 0 heterocycles. The van der Waals surface area contributed by atoms with E-state index in [9.17, 15) is 24.0 Å². The molecule has 1 fully saturated rings. The number of nitrogens with one attached hydrogen (secondary N) is 3. The second-order valence-electron chi connectivity index (χ2n) is 8.16. The van der Waals surface area contributed by atoms with Crippen LogP contribution in [0.2, 0.25) is 0 Å². The Morgan fingerprint density at radius 3 is 2.25 bits per heavy atom. The van der Waals surface area contributed by atoms with Crippen LogP contribution in [0, 0.1) is 5.92 Å². The highest BCUT2D eigenvalue weighted by Crippen LogP contribution is 2.24. The molecule has 0 bridgehead atoms. The Bertz CT molecular complexity index is 683. The zero-order valence-corrected chi connectivity index (χ0v) is 19.3. The number of thioether (sulfide) groups is 1. The molecular weight excluding hydrogens is 440 g/mol. The average Bonchev–Trinajstić information content (AvgIpc) is 2.74. The van der Waals surface area contributed by atoms with Crippen molar-refractivity contribution in [2.45, 2.75) is 75.7 Å². The normalized spacial score (nSPS) is 21.0. The maximum Gasteiger partial charge on any atom is 0.322 e. The van der Waals surface area contributed by atoms with Crippen LogP contribution >= 0.6 is 11.8 Å². The van der Waals surface area contributed by atoms with Crippen molar-refractivity contribution in [1.29, 1.82) is 0 Å². The van der Waals surface area contributed by atoms with E-state index in [1.165, 1.54) is 0 Å². The highest BCUT2D eigenvalue weighted by atomic mass is 32.2. The number of carboxylic acids is 2. The van der Waals surface area contributed by atoms with Gasteiger partial charge in [-0.1, -0.05) is 6.92 Å². The Morgan fingerprint density at radius 2 is 1.69 bits per heavy atom. The van der Waals surface area contributed by atoms with Gasteiger partial charge in [-0.25, -0.2) is 0 Å². The molecule has 11 nitrogen and oxygen atoms in total.